The molecule has 4 nitrogen and oxygen atoms in total. The van der Waals surface area contributed by atoms with Gasteiger partial charge in [0.15, 0.2) is 0 Å². The van der Waals surface area contributed by atoms with Crippen LogP contribution in [0, 0.1) is 6.92 Å². The van der Waals surface area contributed by atoms with Crippen LogP contribution in [0.2, 0.25) is 0 Å². The minimum atomic E-state index is -0.941. The molecule has 0 saturated heterocycles. The van der Waals surface area contributed by atoms with Crippen molar-refractivity contribution in [2.45, 2.75) is 13.5 Å². The third-order valence-electron chi connectivity index (χ3n) is 2.43. The first-order valence-electron chi connectivity index (χ1n) is 5.16. The molecule has 2 aromatic rings. The second-order valence-corrected chi connectivity index (χ2v) is 5.93. The molecular formula is C12H10BrNO3S. The second kappa shape index (κ2) is 5.07. The molecule has 2 aromatic heterocycles. The molecule has 2 heterocycles. The number of halogens is 1. The number of carbonyl (C=O) groups is 1. The standard InChI is InChI=1S/C12H10BrNO3S/c1-7-4-8(13)5-14(11(7)15)6-9-2-3-10(18-9)12(16)17/h2-5H,6H2,1H3,(H,16,17). The molecule has 0 aliphatic heterocycles. The molecule has 0 radical (unpaired) electrons. The third kappa shape index (κ3) is 2.70. The molecule has 2 rings (SSSR count). The monoisotopic (exact) mass is 327 g/mol. The highest BCUT2D eigenvalue weighted by molar-refractivity contribution is 9.10. The summed E-state index contributed by atoms with van der Waals surface area (Å²) in [5.41, 5.74) is 0.586. The molecule has 0 saturated carbocycles. The molecule has 6 heteroatoms. The van der Waals surface area contributed by atoms with Crippen LogP contribution in [0.15, 0.2) is 33.7 Å². The Kier molecular flexibility index (Phi) is 3.68. The van der Waals surface area contributed by atoms with Crippen LogP contribution in [0.4, 0.5) is 0 Å². The van der Waals surface area contributed by atoms with Crippen LogP contribution >= 0.6 is 27.3 Å². The van der Waals surface area contributed by atoms with E-state index < -0.39 is 5.97 Å². The zero-order valence-corrected chi connectivity index (χ0v) is 11.9. The maximum Gasteiger partial charge on any atom is 0.345 e. The fourth-order valence-electron chi connectivity index (χ4n) is 1.60. The Morgan fingerprint density at radius 1 is 1.50 bits per heavy atom. The van der Waals surface area contributed by atoms with Gasteiger partial charge in [-0.25, -0.2) is 4.79 Å². The largest absolute Gasteiger partial charge is 0.477 e. The van der Waals surface area contributed by atoms with E-state index in [4.69, 9.17) is 5.11 Å². The number of aryl methyl sites for hydroxylation is 1. The molecular weight excluding hydrogens is 318 g/mol. The zero-order valence-electron chi connectivity index (χ0n) is 9.51. The van der Waals surface area contributed by atoms with Crippen molar-refractivity contribution in [1.29, 1.82) is 0 Å². The van der Waals surface area contributed by atoms with Gasteiger partial charge in [0.2, 0.25) is 0 Å². The summed E-state index contributed by atoms with van der Waals surface area (Å²) in [5.74, 6) is -0.941. The van der Waals surface area contributed by atoms with Crippen molar-refractivity contribution >= 4 is 33.2 Å². The van der Waals surface area contributed by atoms with Crippen molar-refractivity contribution < 1.29 is 9.90 Å². The van der Waals surface area contributed by atoms with E-state index in [0.29, 0.717) is 12.1 Å². The zero-order chi connectivity index (χ0) is 13.3. The van der Waals surface area contributed by atoms with E-state index in [1.54, 1.807) is 35.9 Å². The molecule has 0 spiro atoms. The summed E-state index contributed by atoms with van der Waals surface area (Å²) in [7, 11) is 0. The van der Waals surface area contributed by atoms with E-state index >= 15 is 0 Å². The van der Waals surface area contributed by atoms with Gasteiger partial charge in [-0.3, -0.25) is 4.79 Å². The summed E-state index contributed by atoms with van der Waals surface area (Å²) in [4.78, 5) is 23.8. The lowest BCUT2D eigenvalue weighted by molar-refractivity contribution is 0.0702. The quantitative estimate of drug-likeness (QED) is 0.942. The first-order chi connectivity index (χ1) is 8.47. The Bertz CT molecular complexity index is 660. The van der Waals surface area contributed by atoms with Crippen LogP contribution in [0.25, 0.3) is 0 Å². The first kappa shape index (κ1) is 13.0. The Morgan fingerprint density at radius 3 is 2.83 bits per heavy atom. The van der Waals surface area contributed by atoms with Crippen LogP contribution in [-0.2, 0) is 6.54 Å². The van der Waals surface area contributed by atoms with E-state index in [1.165, 1.54) is 11.3 Å². The molecule has 1 N–H and O–H groups in total. The predicted octanol–water partition coefficient (Wildman–Crippen LogP) is 2.73. The molecule has 94 valence electrons. The van der Waals surface area contributed by atoms with Gasteiger partial charge in [-0.1, -0.05) is 0 Å². The molecule has 0 unspecified atom stereocenters. The minimum Gasteiger partial charge on any atom is -0.477 e. The van der Waals surface area contributed by atoms with Crippen molar-refractivity contribution in [1.82, 2.24) is 4.57 Å². The molecule has 0 aliphatic carbocycles. The maximum absolute atomic E-state index is 11.9. The highest BCUT2D eigenvalue weighted by Crippen LogP contribution is 2.18. The van der Waals surface area contributed by atoms with Crippen LogP contribution in [0.5, 0.6) is 0 Å². The van der Waals surface area contributed by atoms with Crippen molar-refractivity contribution in [2.24, 2.45) is 0 Å². The fourth-order valence-corrected chi connectivity index (χ4v) is 3.04. The van der Waals surface area contributed by atoms with Gasteiger partial charge in [-0.2, -0.15) is 0 Å². The Morgan fingerprint density at radius 2 is 2.22 bits per heavy atom. The van der Waals surface area contributed by atoms with E-state index in [0.717, 1.165) is 9.35 Å². The lowest BCUT2D eigenvalue weighted by Crippen LogP contribution is -2.21. The van der Waals surface area contributed by atoms with Crippen molar-refractivity contribution in [3.63, 3.8) is 0 Å². The van der Waals surface area contributed by atoms with Gasteiger partial charge in [0.25, 0.3) is 5.56 Å². The van der Waals surface area contributed by atoms with E-state index in [-0.39, 0.29) is 10.4 Å². The summed E-state index contributed by atoms with van der Waals surface area (Å²) >= 11 is 4.52. The van der Waals surface area contributed by atoms with E-state index in [1.807, 2.05) is 0 Å². The molecule has 0 fully saturated rings. The summed E-state index contributed by atoms with van der Waals surface area (Å²) in [6.07, 6.45) is 1.70. The number of carboxylic acid groups (broad SMARTS) is 1. The van der Waals surface area contributed by atoms with Gasteiger partial charge < -0.3 is 9.67 Å². The van der Waals surface area contributed by atoms with Crippen LogP contribution in [0.3, 0.4) is 0 Å². The minimum absolute atomic E-state index is 0.0662. The highest BCUT2D eigenvalue weighted by Gasteiger charge is 2.08. The number of nitrogens with zero attached hydrogens (tertiary/aromatic N) is 1. The van der Waals surface area contributed by atoms with Gasteiger partial charge in [0.1, 0.15) is 4.88 Å². The summed E-state index contributed by atoms with van der Waals surface area (Å²) in [6, 6.07) is 5.05. The smallest absolute Gasteiger partial charge is 0.345 e. The lowest BCUT2D eigenvalue weighted by Gasteiger charge is -2.05. The van der Waals surface area contributed by atoms with Gasteiger partial charge in [-0.15, -0.1) is 11.3 Å². The molecule has 0 aromatic carbocycles. The number of thiophene rings is 1. The first-order valence-corrected chi connectivity index (χ1v) is 6.77. The number of aromatic carboxylic acids is 1. The van der Waals surface area contributed by atoms with Gasteiger partial charge >= 0.3 is 5.97 Å². The molecule has 18 heavy (non-hydrogen) atoms. The number of aromatic nitrogens is 1. The maximum atomic E-state index is 11.9. The third-order valence-corrected chi connectivity index (χ3v) is 3.92. The van der Waals surface area contributed by atoms with Gasteiger partial charge in [0, 0.05) is 21.1 Å². The number of carboxylic acids is 1. The number of pyridine rings is 1. The topological polar surface area (TPSA) is 59.3 Å². The Hall–Kier alpha value is -1.40. The number of hydrogen-bond donors (Lipinski definition) is 1. The average Bonchev–Trinajstić information content (AvgIpc) is 2.74. The Labute approximate surface area is 116 Å². The van der Waals surface area contributed by atoms with Crippen molar-refractivity contribution in [3.8, 4) is 0 Å². The predicted molar refractivity (Wildman–Crippen MR) is 73.5 cm³/mol. The van der Waals surface area contributed by atoms with Gasteiger partial charge in [0.05, 0.1) is 6.54 Å². The molecule has 0 atom stereocenters. The molecule has 0 aliphatic rings. The van der Waals surface area contributed by atoms with Gasteiger partial charge in [-0.05, 0) is 41.1 Å². The number of rotatable bonds is 3. The summed E-state index contributed by atoms with van der Waals surface area (Å²) in [6.45, 7) is 2.14. The highest BCUT2D eigenvalue weighted by atomic mass is 79.9. The lowest BCUT2D eigenvalue weighted by atomic mass is 10.3. The van der Waals surface area contributed by atoms with E-state index in [9.17, 15) is 9.59 Å². The van der Waals surface area contributed by atoms with Crippen LogP contribution in [-0.4, -0.2) is 15.6 Å². The average molecular weight is 328 g/mol. The summed E-state index contributed by atoms with van der Waals surface area (Å²) < 4.78 is 2.39. The normalized spacial score (nSPS) is 10.6. The molecule has 0 bridgehead atoms. The second-order valence-electron chi connectivity index (χ2n) is 3.85. The SMILES string of the molecule is Cc1cc(Br)cn(Cc2ccc(C(=O)O)s2)c1=O. The summed E-state index contributed by atoms with van der Waals surface area (Å²) in [5, 5.41) is 8.84. The van der Waals surface area contributed by atoms with Crippen LogP contribution < -0.4 is 5.56 Å². The van der Waals surface area contributed by atoms with Crippen molar-refractivity contribution in [3.05, 3.63) is 54.5 Å². The van der Waals surface area contributed by atoms with Crippen molar-refractivity contribution in [2.75, 3.05) is 0 Å². The fraction of sp³-hybridized carbons (Fsp3) is 0.167. The van der Waals surface area contributed by atoms with Crippen LogP contribution in [0.1, 0.15) is 20.1 Å². The Balaban J connectivity index is 2.34. The molecule has 0 amide bonds. The number of hydrogen-bond acceptors (Lipinski definition) is 3. The van der Waals surface area contributed by atoms with E-state index in [2.05, 4.69) is 15.9 Å².